The molecule has 1 rings (SSSR count). The van der Waals surface area contributed by atoms with E-state index in [9.17, 15) is 4.79 Å². The molecule has 0 heterocycles. The van der Waals surface area contributed by atoms with Gasteiger partial charge in [0.2, 0.25) is 5.91 Å². The second-order valence-electron chi connectivity index (χ2n) is 6.60. The fraction of sp³-hybridized carbons (Fsp3) is 0.938. The lowest BCUT2D eigenvalue weighted by atomic mass is 9.79. The van der Waals surface area contributed by atoms with Crippen LogP contribution in [0.3, 0.4) is 0 Å². The van der Waals surface area contributed by atoms with Gasteiger partial charge in [0.05, 0.1) is 0 Å². The van der Waals surface area contributed by atoms with Gasteiger partial charge < -0.3 is 11.1 Å². The van der Waals surface area contributed by atoms with Gasteiger partial charge in [0.25, 0.3) is 0 Å². The maximum atomic E-state index is 12.3. The van der Waals surface area contributed by atoms with Crippen LogP contribution < -0.4 is 11.1 Å². The van der Waals surface area contributed by atoms with Crippen LogP contribution in [-0.2, 0) is 4.79 Å². The molecule has 118 valence electrons. The van der Waals surface area contributed by atoms with E-state index < -0.39 is 0 Å². The lowest BCUT2D eigenvalue weighted by Gasteiger charge is -2.32. The van der Waals surface area contributed by atoms with Gasteiger partial charge in [0, 0.05) is 31.1 Å². The highest BCUT2D eigenvalue weighted by atomic mass is 16.1. The molecular weight excluding hydrogens is 250 g/mol. The highest BCUT2D eigenvalue weighted by Crippen LogP contribution is 2.29. The summed E-state index contributed by atoms with van der Waals surface area (Å²) in [6.45, 7) is 11.1. The lowest BCUT2D eigenvalue weighted by molar-refractivity contribution is -0.127. The maximum absolute atomic E-state index is 12.3. The molecule has 0 aromatic carbocycles. The fourth-order valence-electron chi connectivity index (χ4n) is 3.39. The van der Waals surface area contributed by atoms with Crippen molar-refractivity contribution < 1.29 is 4.79 Å². The van der Waals surface area contributed by atoms with Crippen molar-refractivity contribution in [2.75, 3.05) is 19.6 Å². The number of hydrogen-bond donors (Lipinski definition) is 2. The van der Waals surface area contributed by atoms with Gasteiger partial charge in [-0.3, -0.25) is 9.69 Å². The van der Waals surface area contributed by atoms with Crippen molar-refractivity contribution in [3.05, 3.63) is 0 Å². The smallest absolute Gasteiger partial charge is 0.223 e. The molecule has 0 saturated heterocycles. The molecule has 3 N–H and O–H groups in total. The second kappa shape index (κ2) is 8.63. The van der Waals surface area contributed by atoms with E-state index in [1.807, 2.05) is 0 Å². The minimum Gasteiger partial charge on any atom is -0.355 e. The molecule has 0 aromatic rings. The summed E-state index contributed by atoms with van der Waals surface area (Å²) in [5.74, 6) is 0.739. The Morgan fingerprint density at radius 1 is 1.20 bits per heavy atom. The highest BCUT2D eigenvalue weighted by Gasteiger charge is 2.29. The minimum absolute atomic E-state index is 0.139. The predicted octanol–water partition coefficient (Wildman–Crippen LogP) is 1.99. The van der Waals surface area contributed by atoms with E-state index in [0.717, 1.165) is 25.9 Å². The minimum atomic E-state index is 0.139. The first-order chi connectivity index (χ1) is 9.47. The van der Waals surface area contributed by atoms with Gasteiger partial charge in [0.15, 0.2) is 0 Å². The van der Waals surface area contributed by atoms with Gasteiger partial charge in [-0.1, -0.05) is 12.8 Å². The summed E-state index contributed by atoms with van der Waals surface area (Å²) in [5, 5.41) is 3.12. The third kappa shape index (κ3) is 5.06. The van der Waals surface area contributed by atoms with Crippen LogP contribution in [0.2, 0.25) is 0 Å². The highest BCUT2D eigenvalue weighted by molar-refractivity contribution is 5.79. The van der Waals surface area contributed by atoms with Crippen LogP contribution in [0.1, 0.15) is 53.4 Å². The molecule has 0 aromatic heterocycles. The number of amides is 1. The van der Waals surface area contributed by atoms with Gasteiger partial charge in [-0.05, 0) is 53.0 Å². The summed E-state index contributed by atoms with van der Waals surface area (Å²) < 4.78 is 0. The van der Waals surface area contributed by atoms with Crippen molar-refractivity contribution in [3.63, 3.8) is 0 Å². The van der Waals surface area contributed by atoms with E-state index in [2.05, 4.69) is 37.9 Å². The average Bonchev–Trinajstić information content (AvgIpc) is 2.42. The van der Waals surface area contributed by atoms with E-state index in [1.165, 1.54) is 12.8 Å². The Morgan fingerprint density at radius 3 is 2.35 bits per heavy atom. The Bertz CT molecular complexity index is 283. The Balaban J connectivity index is 2.38. The summed E-state index contributed by atoms with van der Waals surface area (Å²) in [7, 11) is 0. The summed E-state index contributed by atoms with van der Waals surface area (Å²) in [6.07, 6.45) is 4.50. The van der Waals surface area contributed by atoms with Gasteiger partial charge in [0.1, 0.15) is 0 Å². The molecule has 1 amide bonds. The Kier molecular flexibility index (Phi) is 7.52. The standard InChI is InChI=1S/C16H33N3O/c1-12(2)19(13(3)4)10-9-18-16(20)15-8-6-5-7-14(15)11-17/h12-15H,5-11,17H2,1-4H3,(H,18,20). The molecule has 0 aliphatic heterocycles. The molecule has 1 fully saturated rings. The van der Waals surface area contributed by atoms with Crippen LogP contribution in [0.15, 0.2) is 0 Å². The molecule has 1 aliphatic rings. The predicted molar refractivity (Wildman–Crippen MR) is 84.5 cm³/mol. The van der Waals surface area contributed by atoms with Crippen molar-refractivity contribution in [2.45, 2.75) is 65.5 Å². The SMILES string of the molecule is CC(C)N(CCNC(=O)C1CCCCC1CN)C(C)C. The number of nitrogens with one attached hydrogen (secondary N) is 1. The molecule has 0 radical (unpaired) electrons. The average molecular weight is 283 g/mol. The Labute approximate surface area is 124 Å². The van der Waals surface area contributed by atoms with E-state index in [4.69, 9.17) is 5.73 Å². The Hall–Kier alpha value is -0.610. The van der Waals surface area contributed by atoms with E-state index in [1.54, 1.807) is 0 Å². The zero-order chi connectivity index (χ0) is 15.1. The summed E-state index contributed by atoms with van der Waals surface area (Å²) in [4.78, 5) is 14.7. The number of nitrogens with zero attached hydrogens (tertiary/aromatic N) is 1. The second-order valence-corrected chi connectivity index (χ2v) is 6.60. The van der Waals surface area contributed by atoms with Crippen molar-refractivity contribution in [3.8, 4) is 0 Å². The van der Waals surface area contributed by atoms with Crippen LogP contribution in [0.25, 0.3) is 0 Å². The normalized spacial score (nSPS) is 23.6. The molecule has 4 nitrogen and oxygen atoms in total. The first-order valence-corrected chi connectivity index (χ1v) is 8.20. The van der Waals surface area contributed by atoms with Crippen LogP contribution in [0.5, 0.6) is 0 Å². The zero-order valence-electron chi connectivity index (χ0n) is 13.7. The zero-order valence-corrected chi connectivity index (χ0v) is 13.7. The summed E-state index contributed by atoms with van der Waals surface area (Å²) >= 11 is 0. The van der Waals surface area contributed by atoms with Crippen LogP contribution in [0, 0.1) is 11.8 Å². The number of carbonyl (C=O) groups excluding carboxylic acids is 1. The molecule has 1 saturated carbocycles. The molecule has 20 heavy (non-hydrogen) atoms. The Morgan fingerprint density at radius 2 is 1.80 bits per heavy atom. The summed E-state index contributed by atoms with van der Waals surface area (Å²) in [5.41, 5.74) is 5.80. The van der Waals surface area contributed by atoms with Crippen molar-refractivity contribution in [2.24, 2.45) is 17.6 Å². The molecule has 2 unspecified atom stereocenters. The van der Waals surface area contributed by atoms with Gasteiger partial charge >= 0.3 is 0 Å². The lowest BCUT2D eigenvalue weighted by Crippen LogP contribution is -2.45. The van der Waals surface area contributed by atoms with E-state index in [0.29, 0.717) is 24.5 Å². The number of rotatable bonds is 7. The molecule has 1 aliphatic carbocycles. The number of hydrogen-bond acceptors (Lipinski definition) is 3. The van der Waals surface area contributed by atoms with E-state index >= 15 is 0 Å². The topological polar surface area (TPSA) is 58.4 Å². The maximum Gasteiger partial charge on any atom is 0.223 e. The van der Waals surface area contributed by atoms with E-state index in [-0.39, 0.29) is 11.8 Å². The van der Waals surface area contributed by atoms with Crippen molar-refractivity contribution >= 4 is 5.91 Å². The number of nitrogens with two attached hydrogens (primary N) is 1. The molecule has 2 atom stereocenters. The third-order valence-electron chi connectivity index (χ3n) is 4.54. The monoisotopic (exact) mass is 283 g/mol. The largest absolute Gasteiger partial charge is 0.355 e. The first kappa shape index (κ1) is 17.4. The van der Waals surface area contributed by atoms with Crippen molar-refractivity contribution in [1.82, 2.24) is 10.2 Å². The van der Waals surface area contributed by atoms with Crippen LogP contribution in [-0.4, -0.2) is 42.5 Å². The van der Waals surface area contributed by atoms with Crippen LogP contribution in [0.4, 0.5) is 0 Å². The summed E-state index contributed by atoms with van der Waals surface area (Å²) in [6, 6.07) is 1.02. The quantitative estimate of drug-likeness (QED) is 0.751. The van der Waals surface area contributed by atoms with Gasteiger partial charge in [-0.15, -0.1) is 0 Å². The van der Waals surface area contributed by atoms with Crippen molar-refractivity contribution in [1.29, 1.82) is 0 Å². The van der Waals surface area contributed by atoms with Gasteiger partial charge in [-0.2, -0.15) is 0 Å². The fourth-order valence-corrected chi connectivity index (χ4v) is 3.39. The number of carbonyl (C=O) groups is 1. The molecule has 4 heteroatoms. The molecule has 0 spiro atoms. The first-order valence-electron chi connectivity index (χ1n) is 8.20. The molecule has 0 bridgehead atoms. The van der Waals surface area contributed by atoms with Gasteiger partial charge in [-0.25, -0.2) is 0 Å². The van der Waals surface area contributed by atoms with Crippen LogP contribution >= 0.6 is 0 Å². The molecular formula is C16H33N3O. The third-order valence-corrected chi connectivity index (χ3v) is 4.54.